The van der Waals surface area contributed by atoms with Gasteiger partial charge >= 0.3 is 0 Å². The van der Waals surface area contributed by atoms with Crippen LogP contribution in [0, 0.1) is 6.92 Å². The lowest BCUT2D eigenvalue weighted by Gasteiger charge is -2.06. The molecule has 0 aliphatic heterocycles. The van der Waals surface area contributed by atoms with Crippen LogP contribution in [0.25, 0.3) is 22.4 Å². The van der Waals surface area contributed by atoms with Gasteiger partial charge in [0.15, 0.2) is 5.65 Å². The molecule has 0 fully saturated rings. The van der Waals surface area contributed by atoms with Gasteiger partial charge in [-0.25, -0.2) is 9.97 Å². The molecule has 0 bridgehead atoms. The fourth-order valence-electron chi connectivity index (χ4n) is 1.89. The quantitative estimate of drug-likeness (QED) is 0.692. The third-order valence-corrected chi connectivity index (χ3v) is 3.11. The summed E-state index contributed by atoms with van der Waals surface area (Å²) in [5.41, 5.74) is 4.03. The third kappa shape index (κ3) is 1.83. The molecule has 2 aromatic heterocycles. The van der Waals surface area contributed by atoms with E-state index in [-0.39, 0.29) is 5.28 Å². The maximum Gasteiger partial charge on any atom is 0.225 e. The molecule has 18 heavy (non-hydrogen) atoms. The molecule has 0 spiro atoms. The van der Waals surface area contributed by atoms with E-state index in [1.807, 2.05) is 25.1 Å². The lowest BCUT2D eigenvalue weighted by molar-refractivity contribution is 1.20. The average molecular weight is 279 g/mol. The molecule has 1 aromatic carbocycles. The number of aromatic amines is 1. The van der Waals surface area contributed by atoms with E-state index in [0.717, 1.165) is 22.3 Å². The van der Waals surface area contributed by atoms with Crippen molar-refractivity contribution >= 4 is 34.4 Å². The summed E-state index contributed by atoms with van der Waals surface area (Å²) in [6.07, 6.45) is 1.57. The Balaban J connectivity index is 2.33. The molecule has 0 amide bonds. The van der Waals surface area contributed by atoms with E-state index in [2.05, 4.69) is 19.9 Å². The van der Waals surface area contributed by atoms with Gasteiger partial charge in [0.1, 0.15) is 11.2 Å². The van der Waals surface area contributed by atoms with E-state index < -0.39 is 0 Å². The number of imidazole rings is 1. The van der Waals surface area contributed by atoms with E-state index in [1.54, 1.807) is 6.33 Å². The van der Waals surface area contributed by atoms with Crippen molar-refractivity contribution in [2.75, 3.05) is 0 Å². The highest BCUT2D eigenvalue weighted by Crippen LogP contribution is 2.29. The van der Waals surface area contributed by atoms with E-state index in [4.69, 9.17) is 23.2 Å². The van der Waals surface area contributed by atoms with Gasteiger partial charge in [0.25, 0.3) is 0 Å². The molecule has 0 atom stereocenters. The largest absolute Gasteiger partial charge is 0.341 e. The number of rotatable bonds is 1. The normalized spacial score (nSPS) is 11.1. The second kappa shape index (κ2) is 4.23. The number of benzene rings is 1. The molecule has 3 rings (SSSR count). The maximum absolute atomic E-state index is 5.95. The van der Waals surface area contributed by atoms with Gasteiger partial charge in [-0.3, -0.25) is 0 Å². The maximum atomic E-state index is 5.95. The van der Waals surface area contributed by atoms with E-state index in [9.17, 15) is 0 Å². The fourth-order valence-corrected chi connectivity index (χ4v) is 2.29. The lowest BCUT2D eigenvalue weighted by Crippen LogP contribution is -1.92. The number of nitrogens with zero attached hydrogens (tertiary/aromatic N) is 3. The minimum Gasteiger partial charge on any atom is -0.341 e. The highest BCUT2D eigenvalue weighted by Gasteiger charge is 2.12. The predicted molar refractivity (Wildman–Crippen MR) is 71.9 cm³/mol. The van der Waals surface area contributed by atoms with Gasteiger partial charge in [0.05, 0.1) is 6.33 Å². The predicted octanol–water partition coefficient (Wildman–Crippen LogP) is 3.64. The third-order valence-electron chi connectivity index (χ3n) is 2.70. The molecule has 0 aliphatic rings. The first-order chi connectivity index (χ1) is 8.65. The first kappa shape index (κ1) is 11.4. The summed E-state index contributed by atoms with van der Waals surface area (Å²) in [5, 5.41) is 0.871. The Hall–Kier alpha value is -1.65. The summed E-state index contributed by atoms with van der Waals surface area (Å²) in [6, 6.07) is 5.62. The minimum atomic E-state index is 0.180. The second-order valence-electron chi connectivity index (χ2n) is 3.90. The standard InChI is InChI=1S/C12H8Cl2N4/c1-6-4-7(13)2-3-8(6)9-10-11(16-5-15-10)18-12(14)17-9/h2-5H,1H3,(H,15,16,17,18). The van der Waals surface area contributed by atoms with Crippen LogP contribution in [-0.2, 0) is 0 Å². The Morgan fingerprint density at radius 2 is 2.00 bits per heavy atom. The number of halogens is 2. The van der Waals surface area contributed by atoms with Gasteiger partial charge in [-0.1, -0.05) is 17.7 Å². The molecule has 90 valence electrons. The van der Waals surface area contributed by atoms with Gasteiger partial charge in [0, 0.05) is 10.6 Å². The van der Waals surface area contributed by atoms with Crippen LogP contribution in [0.15, 0.2) is 24.5 Å². The van der Waals surface area contributed by atoms with Crippen LogP contribution in [0.4, 0.5) is 0 Å². The number of fused-ring (bicyclic) bond motifs is 1. The molecule has 2 heterocycles. The zero-order valence-corrected chi connectivity index (χ0v) is 10.9. The van der Waals surface area contributed by atoms with Crippen molar-refractivity contribution in [1.29, 1.82) is 0 Å². The van der Waals surface area contributed by atoms with Crippen molar-refractivity contribution in [2.45, 2.75) is 6.92 Å². The van der Waals surface area contributed by atoms with Crippen molar-refractivity contribution in [3.05, 3.63) is 40.4 Å². The zero-order chi connectivity index (χ0) is 12.7. The van der Waals surface area contributed by atoms with Gasteiger partial charge < -0.3 is 4.98 Å². The first-order valence-electron chi connectivity index (χ1n) is 5.28. The van der Waals surface area contributed by atoms with Crippen LogP contribution in [0.2, 0.25) is 10.3 Å². The summed E-state index contributed by atoms with van der Waals surface area (Å²) >= 11 is 11.9. The molecule has 0 saturated carbocycles. The topological polar surface area (TPSA) is 54.5 Å². The molecule has 0 saturated heterocycles. The molecular formula is C12H8Cl2N4. The molecule has 1 N–H and O–H groups in total. The molecule has 3 aromatic rings. The van der Waals surface area contributed by atoms with Gasteiger partial charge in [-0.2, -0.15) is 4.98 Å². The average Bonchev–Trinajstić information content (AvgIpc) is 2.76. The molecule has 6 heteroatoms. The van der Waals surface area contributed by atoms with Crippen LogP contribution in [0.5, 0.6) is 0 Å². The Labute approximate surface area is 113 Å². The Morgan fingerprint density at radius 1 is 1.17 bits per heavy atom. The van der Waals surface area contributed by atoms with Gasteiger partial charge in [-0.15, -0.1) is 0 Å². The fraction of sp³-hybridized carbons (Fsp3) is 0.0833. The molecular weight excluding hydrogens is 271 g/mol. The smallest absolute Gasteiger partial charge is 0.225 e. The molecule has 0 unspecified atom stereocenters. The summed E-state index contributed by atoms with van der Waals surface area (Å²) in [5.74, 6) is 0. The van der Waals surface area contributed by atoms with Crippen LogP contribution in [0.3, 0.4) is 0 Å². The van der Waals surface area contributed by atoms with Crippen LogP contribution in [0.1, 0.15) is 5.56 Å². The van der Waals surface area contributed by atoms with Crippen molar-refractivity contribution in [3.8, 4) is 11.3 Å². The number of hydrogen-bond acceptors (Lipinski definition) is 3. The SMILES string of the molecule is Cc1cc(Cl)ccc1-c1nc(Cl)nc2nc[nH]c12. The van der Waals surface area contributed by atoms with Gasteiger partial charge in [-0.05, 0) is 36.2 Å². The monoisotopic (exact) mass is 278 g/mol. The summed E-state index contributed by atoms with van der Waals surface area (Å²) < 4.78 is 0. The Morgan fingerprint density at radius 3 is 2.78 bits per heavy atom. The summed E-state index contributed by atoms with van der Waals surface area (Å²) in [7, 11) is 0. The summed E-state index contributed by atoms with van der Waals surface area (Å²) in [6.45, 7) is 1.97. The van der Waals surface area contributed by atoms with E-state index in [1.165, 1.54) is 0 Å². The highest BCUT2D eigenvalue weighted by atomic mass is 35.5. The van der Waals surface area contributed by atoms with E-state index in [0.29, 0.717) is 10.7 Å². The van der Waals surface area contributed by atoms with Crippen molar-refractivity contribution in [1.82, 2.24) is 19.9 Å². The Bertz CT molecular complexity index is 736. The highest BCUT2D eigenvalue weighted by molar-refractivity contribution is 6.30. The van der Waals surface area contributed by atoms with Crippen LogP contribution in [-0.4, -0.2) is 19.9 Å². The van der Waals surface area contributed by atoms with Crippen LogP contribution >= 0.6 is 23.2 Å². The van der Waals surface area contributed by atoms with Crippen LogP contribution < -0.4 is 0 Å². The molecule has 4 nitrogen and oxygen atoms in total. The summed E-state index contributed by atoms with van der Waals surface area (Å²) in [4.78, 5) is 15.5. The number of aromatic nitrogens is 4. The lowest BCUT2D eigenvalue weighted by atomic mass is 10.1. The number of hydrogen-bond donors (Lipinski definition) is 1. The minimum absolute atomic E-state index is 0.180. The molecule has 0 aliphatic carbocycles. The van der Waals surface area contributed by atoms with Crippen molar-refractivity contribution < 1.29 is 0 Å². The van der Waals surface area contributed by atoms with Crippen molar-refractivity contribution in [2.24, 2.45) is 0 Å². The zero-order valence-electron chi connectivity index (χ0n) is 9.41. The number of H-pyrrole nitrogens is 1. The van der Waals surface area contributed by atoms with Gasteiger partial charge in [0.2, 0.25) is 5.28 Å². The first-order valence-corrected chi connectivity index (χ1v) is 6.04. The number of nitrogens with one attached hydrogen (secondary N) is 1. The Kier molecular flexibility index (Phi) is 2.69. The second-order valence-corrected chi connectivity index (χ2v) is 4.68. The van der Waals surface area contributed by atoms with Crippen molar-refractivity contribution in [3.63, 3.8) is 0 Å². The molecule has 0 radical (unpaired) electrons. The van der Waals surface area contributed by atoms with E-state index >= 15 is 0 Å². The number of aryl methyl sites for hydroxylation is 1.